The van der Waals surface area contributed by atoms with E-state index in [9.17, 15) is 0 Å². The van der Waals surface area contributed by atoms with Crippen LogP contribution in [0.1, 0.15) is 32.1 Å². The van der Waals surface area contributed by atoms with Gasteiger partial charge in [0.15, 0.2) is 0 Å². The Kier molecular flexibility index (Phi) is 3.11. The molecular formula is C8H14N4. The number of azide groups is 1. The number of nitrogens with zero attached hydrogens (tertiary/aromatic N) is 3. The maximum atomic E-state index is 8.19. The predicted molar refractivity (Wildman–Crippen MR) is 48.3 cm³/mol. The molecule has 1 rings (SSSR count). The molecule has 0 amide bonds. The third-order valence-corrected chi connectivity index (χ3v) is 2.60. The van der Waals surface area contributed by atoms with E-state index in [1.807, 2.05) is 0 Å². The molecule has 1 saturated carbocycles. The van der Waals surface area contributed by atoms with Gasteiger partial charge < -0.3 is 5.41 Å². The van der Waals surface area contributed by atoms with Crippen LogP contribution in [0.5, 0.6) is 0 Å². The lowest BCUT2D eigenvalue weighted by Crippen LogP contribution is -2.28. The van der Waals surface area contributed by atoms with Crippen molar-refractivity contribution in [2.45, 2.75) is 32.1 Å². The van der Waals surface area contributed by atoms with Gasteiger partial charge in [-0.05, 0) is 18.4 Å². The molecule has 0 bridgehead atoms. The van der Waals surface area contributed by atoms with Crippen molar-refractivity contribution in [1.82, 2.24) is 0 Å². The summed E-state index contributed by atoms with van der Waals surface area (Å²) in [6, 6.07) is 0. The SMILES string of the molecule is [N-]=[N+]=NCC1(C=N)CCCCC1. The molecule has 0 heterocycles. The minimum atomic E-state index is -0.107. The zero-order valence-corrected chi connectivity index (χ0v) is 7.16. The van der Waals surface area contributed by atoms with Crippen molar-refractivity contribution in [2.24, 2.45) is 10.5 Å². The minimum Gasteiger partial charge on any atom is -0.313 e. The highest BCUT2D eigenvalue weighted by Crippen LogP contribution is 2.34. The van der Waals surface area contributed by atoms with E-state index in [4.69, 9.17) is 10.9 Å². The second-order valence-electron chi connectivity index (χ2n) is 3.46. The fourth-order valence-corrected chi connectivity index (χ4v) is 1.78. The standard InChI is InChI=1S/C8H14N4/c9-6-8(7-11-12-10)4-2-1-3-5-8/h6,9H,1-5,7H2. The minimum absolute atomic E-state index is 0.107. The second-order valence-corrected chi connectivity index (χ2v) is 3.46. The first-order chi connectivity index (χ1) is 5.83. The molecule has 0 atom stereocenters. The molecule has 1 aliphatic carbocycles. The van der Waals surface area contributed by atoms with Gasteiger partial charge in [0.25, 0.3) is 0 Å². The second kappa shape index (κ2) is 4.12. The Morgan fingerprint density at radius 1 is 1.42 bits per heavy atom. The van der Waals surface area contributed by atoms with Gasteiger partial charge in [0, 0.05) is 23.1 Å². The van der Waals surface area contributed by atoms with Gasteiger partial charge in [0.2, 0.25) is 0 Å². The monoisotopic (exact) mass is 166 g/mol. The van der Waals surface area contributed by atoms with Gasteiger partial charge in [-0.25, -0.2) is 0 Å². The largest absolute Gasteiger partial charge is 0.313 e. The van der Waals surface area contributed by atoms with Crippen LogP contribution in [-0.2, 0) is 0 Å². The summed E-state index contributed by atoms with van der Waals surface area (Å²) in [5.74, 6) is 0. The Balaban J connectivity index is 2.59. The molecule has 0 aromatic carbocycles. The van der Waals surface area contributed by atoms with Crippen molar-refractivity contribution >= 4 is 6.21 Å². The predicted octanol–water partition coefficient (Wildman–Crippen LogP) is 2.90. The van der Waals surface area contributed by atoms with E-state index in [0.717, 1.165) is 25.7 Å². The van der Waals surface area contributed by atoms with Crippen molar-refractivity contribution in [2.75, 3.05) is 6.54 Å². The molecular weight excluding hydrogens is 152 g/mol. The molecule has 1 fully saturated rings. The van der Waals surface area contributed by atoms with Gasteiger partial charge in [-0.2, -0.15) is 0 Å². The first-order valence-corrected chi connectivity index (χ1v) is 4.35. The van der Waals surface area contributed by atoms with Crippen LogP contribution < -0.4 is 0 Å². The summed E-state index contributed by atoms with van der Waals surface area (Å²) in [5, 5.41) is 10.9. The molecule has 1 N–H and O–H groups in total. The molecule has 12 heavy (non-hydrogen) atoms. The van der Waals surface area contributed by atoms with Crippen molar-refractivity contribution < 1.29 is 0 Å². The summed E-state index contributed by atoms with van der Waals surface area (Å²) < 4.78 is 0. The van der Waals surface area contributed by atoms with Gasteiger partial charge in [-0.1, -0.05) is 24.4 Å². The van der Waals surface area contributed by atoms with E-state index in [0.29, 0.717) is 6.54 Å². The smallest absolute Gasteiger partial charge is 0.0363 e. The zero-order chi connectivity index (χ0) is 8.86. The molecule has 1 aliphatic rings. The quantitative estimate of drug-likeness (QED) is 0.290. The average molecular weight is 166 g/mol. The van der Waals surface area contributed by atoms with Crippen LogP contribution in [0.3, 0.4) is 0 Å². The third-order valence-electron chi connectivity index (χ3n) is 2.60. The van der Waals surface area contributed by atoms with Crippen molar-refractivity contribution in [1.29, 1.82) is 5.41 Å². The highest BCUT2D eigenvalue weighted by atomic mass is 15.1. The molecule has 0 saturated heterocycles. The lowest BCUT2D eigenvalue weighted by Gasteiger charge is -2.31. The van der Waals surface area contributed by atoms with E-state index in [2.05, 4.69) is 10.0 Å². The molecule has 0 radical (unpaired) electrons. The normalized spacial score (nSPS) is 21.0. The van der Waals surface area contributed by atoms with E-state index in [1.165, 1.54) is 12.6 Å². The van der Waals surface area contributed by atoms with Gasteiger partial charge >= 0.3 is 0 Å². The molecule has 0 aliphatic heterocycles. The number of hydrogen-bond donors (Lipinski definition) is 1. The molecule has 0 unspecified atom stereocenters. The Hall–Kier alpha value is -1.02. The summed E-state index contributed by atoms with van der Waals surface area (Å²) in [6.45, 7) is 0.465. The maximum Gasteiger partial charge on any atom is 0.0363 e. The lowest BCUT2D eigenvalue weighted by molar-refractivity contribution is 0.298. The lowest BCUT2D eigenvalue weighted by atomic mass is 9.75. The van der Waals surface area contributed by atoms with Crippen LogP contribution in [0.15, 0.2) is 5.11 Å². The highest BCUT2D eigenvalue weighted by Gasteiger charge is 2.28. The van der Waals surface area contributed by atoms with E-state index in [-0.39, 0.29) is 5.41 Å². The number of nitrogens with one attached hydrogen (secondary N) is 1. The maximum absolute atomic E-state index is 8.19. The zero-order valence-electron chi connectivity index (χ0n) is 7.16. The molecule has 0 aromatic heterocycles. The first-order valence-electron chi connectivity index (χ1n) is 4.35. The Labute approximate surface area is 72.1 Å². The third kappa shape index (κ3) is 1.98. The summed E-state index contributed by atoms with van der Waals surface area (Å²) in [5.41, 5.74) is 8.08. The van der Waals surface area contributed by atoms with E-state index in [1.54, 1.807) is 0 Å². The van der Waals surface area contributed by atoms with Gasteiger partial charge in [0.1, 0.15) is 0 Å². The van der Waals surface area contributed by atoms with Crippen LogP contribution in [0.4, 0.5) is 0 Å². The Bertz CT molecular complexity index is 199. The molecule has 0 spiro atoms. The van der Waals surface area contributed by atoms with Gasteiger partial charge in [-0.15, -0.1) is 0 Å². The van der Waals surface area contributed by atoms with Crippen molar-refractivity contribution in [3.05, 3.63) is 10.4 Å². The van der Waals surface area contributed by atoms with E-state index >= 15 is 0 Å². The van der Waals surface area contributed by atoms with Crippen LogP contribution >= 0.6 is 0 Å². The Morgan fingerprint density at radius 2 is 2.08 bits per heavy atom. The van der Waals surface area contributed by atoms with Gasteiger partial charge in [0.05, 0.1) is 0 Å². The summed E-state index contributed by atoms with van der Waals surface area (Å²) >= 11 is 0. The summed E-state index contributed by atoms with van der Waals surface area (Å²) in [6.07, 6.45) is 7.07. The summed E-state index contributed by atoms with van der Waals surface area (Å²) in [4.78, 5) is 2.74. The molecule has 4 nitrogen and oxygen atoms in total. The molecule has 0 aromatic rings. The van der Waals surface area contributed by atoms with Crippen LogP contribution in [0, 0.1) is 10.8 Å². The first kappa shape index (κ1) is 9.07. The fourth-order valence-electron chi connectivity index (χ4n) is 1.78. The van der Waals surface area contributed by atoms with Crippen molar-refractivity contribution in [3.63, 3.8) is 0 Å². The number of rotatable bonds is 3. The van der Waals surface area contributed by atoms with Crippen LogP contribution in [0.2, 0.25) is 0 Å². The number of hydrogen-bond acceptors (Lipinski definition) is 2. The average Bonchev–Trinajstić information content (AvgIpc) is 2.16. The summed E-state index contributed by atoms with van der Waals surface area (Å²) in [7, 11) is 0. The van der Waals surface area contributed by atoms with Crippen LogP contribution in [0.25, 0.3) is 10.4 Å². The van der Waals surface area contributed by atoms with Gasteiger partial charge in [-0.3, -0.25) is 0 Å². The van der Waals surface area contributed by atoms with Crippen LogP contribution in [-0.4, -0.2) is 12.8 Å². The highest BCUT2D eigenvalue weighted by molar-refractivity contribution is 5.62. The Morgan fingerprint density at radius 3 is 2.58 bits per heavy atom. The van der Waals surface area contributed by atoms with Crippen molar-refractivity contribution in [3.8, 4) is 0 Å². The molecule has 66 valence electrons. The topological polar surface area (TPSA) is 72.6 Å². The fraction of sp³-hybridized carbons (Fsp3) is 0.875. The molecule has 4 heteroatoms. The van der Waals surface area contributed by atoms with E-state index < -0.39 is 0 Å².